The van der Waals surface area contributed by atoms with Gasteiger partial charge in [-0.05, 0) is 26.0 Å². The number of nitrogens with two attached hydrogens (primary N) is 1. The van der Waals surface area contributed by atoms with Gasteiger partial charge in [0.1, 0.15) is 10.7 Å². The van der Waals surface area contributed by atoms with Crippen LogP contribution in [0.25, 0.3) is 0 Å². The lowest BCUT2D eigenvalue weighted by Gasteiger charge is -2.38. The number of rotatable bonds is 4. The van der Waals surface area contributed by atoms with Crippen LogP contribution in [0.15, 0.2) is 24.4 Å². The van der Waals surface area contributed by atoms with Crippen LogP contribution in [0.3, 0.4) is 0 Å². The van der Waals surface area contributed by atoms with Gasteiger partial charge < -0.3 is 10.6 Å². The molecular weight excluding hydrogens is 326 g/mol. The van der Waals surface area contributed by atoms with Crippen LogP contribution in [-0.4, -0.2) is 41.0 Å². The minimum Gasteiger partial charge on any atom is -0.399 e. The Balaban J connectivity index is 1.71. The van der Waals surface area contributed by atoms with Gasteiger partial charge >= 0.3 is 0 Å². The van der Waals surface area contributed by atoms with Crippen molar-refractivity contribution in [1.29, 1.82) is 0 Å². The molecule has 1 aromatic carbocycles. The summed E-state index contributed by atoms with van der Waals surface area (Å²) in [5, 5.41) is 12.4. The highest BCUT2D eigenvalue weighted by molar-refractivity contribution is 7.11. The van der Waals surface area contributed by atoms with Crippen molar-refractivity contribution < 1.29 is 4.92 Å². The molecule has 8 heteroatoms. The van der Waals surface area contributed by atoms with Crippen molar-refractivity contribution in [1.82, 2.24) is 9.88 Å². The van der Waals surface area contributed by atoms with Gasteiger partial charge in [-0.3, -0.25) is 15.0 Å². The van der Waals surface area contributed by atoms with Crippen LogP contribution in [0.4, 0.5) is 17.1 Å². The fourth-order valence-electron chi connectivity index (χ4n) is 3.02. The summed E-state index contributed by atoms with van der Waals surface area (Å²) >= 11 is 1.72. The van der Waals surface area contributed by atoms with E-state index in [1.807, 2.05) is 11.1 Å². The van der Waals surface area contributed by atoms with E-state index in [-0.39, 0.29) is 16.7 Å². The highest BCUT2D eigenvalue weighted by Crippen LogP contribution is 2.32. The van der Waals surface area contributed by atoms with E-state index in [2.05, 4.69) is 23.7 Å². The number of thiazole rings is 1. The molecule has 0 aliphatic carbocycles. The zero-order valence-corrected chi connectivity index (χ0v) is 14.6. The number of hydrogen-bond acceptors (Lipinski definition) is 7. The molecule has 1 saturated heterocycles. The first-order valence-electron chi connectivity index (χ1n) is 7.91. The molecule has 2 heterocycles. The fraction of sp³-hybridized carbons (Fsp3) is 0.438. The van der Waals surface area contributed by atoms with Gasteiger partial charge in [-0.1, -0.05) is 0 Å². The molecule has 0 radical (unpaired) electrons. The van der Waals surface area contributed by atoms with Gasteiger partial charge in [0.15, 0.2) is 0 Å². The van der Waals surface area contributed by atoms with Crippen molar-refractivity contribution in [2.24, 2.45) is 0 Å². The minimum atomic E-state index is -0.345. The monoisotopic (exact) mass is 347 g/mol. The summed E-state index contributed by atoms with van der Waals surface area (Å²) in [6.07, 6.45) is 1.91. The summed E-state index contributed by atoms with van der Waals surface area (Å²) < 4.78 is 0. The Bertz CT molecular complexity index is 740. The molecular formula is C16H21N5O2S. The second kappa shape index (κ2) is 6.74. The number of aryl methyl sites for hydroxylation is 1. The molecule has 3 rings (SSSR count). The first-order chi connectivity index (χ1) is 11.5. The van der Waals surface area contributed by atoms with Crippen LogP contribution in [-0.2, 0) is 0 Å². The number of nitrogen functional groups attached to an aromatic ring is 1. The zero-order chi connectivity index (χ0) is 17.3. The lowest BCUT2D eigenvalue weighted by atomic mass is 10.1. The van der Waals surface area contributed by atoms with Gasteiger partial charge in [-0.15, -0.1) is 11.3 Å². The molecule has 1 aliphatic heterocycles. The number of nitro benzene ring substituents is 1. The van der Waals surface area contributed by atoms with E-state index in [1.54, 1.807) is 23.5 Å². The summed E-state index contributed by atoms with van der Waals surface area (Å²) in [5.74, 6) is 0. The summed E-state index contributed by atoms with van der Waals surface area (Å²) in [5.41, 5.74) is 7.09. The summed E-state index contributed by atoms with van der Waals surface area (Å²) in [7, 11) is 0. The van der Waals surface area contributed by atoms with E-state index in [9.17, 15) is 10.1 Å². The van der Waals surface area contributed by atoms with E-state index in [0.29, 0.717) is 11.4 Å². The number of piperazine rings is 1. The van der Waals surface area contributed by atoms with Crippen LogP contribution in [0.5, 0.6) is 0 Å². The summed E-state index contributed by atoms with van der Waals surface area (Å²) in [6.45, 7) is 7.37. The molecule has 1 fully saturated rings. The molecule has 0 bridgehead atoms. The van der Waals surface area contributed by atoms with Crippen molar-refractivity contribution in [3.05, 3.63) is 44.4 Å². The highest BCUT2D eigenvalue weighted by atomic mass is 32.1. The Morgan fingerprint density at radius 3 is 2.62 bits per heavy atom. The van der Waals surface area contributed by atoms with Gasteiger partial charge in [0.05, 0.1) is 11.0 Å². The highest BCUT2D eigenvalue weighted by Gasteiger charge is 2.27. The van der Waals surface area contributed by atoms with Crippen LogP contribution >= 0.6 is 11.3 Å². The van der Waals surface area contributed by atoms with Crippen LogP contribution in [0.2, 0.25) is 0 Å². The number of nitrogens with zero attached hydrogens (tertiary/aromatic N) is 4. The first kappa shape index (κ1) is 16.7. The lowest BCUT2D eigenvalue weighted by Crippen LogP contribution is -2.47. The SMILES string of the molecule is Cc1cnc([C@H](C)N2CCN(c3cc(N)ccc3[N+](=O)[O-])CC2)s1. The third kappa shape index (κ3) is 3.34. The third-order valence-electron chi connectivity index (χ3n) is 4.40. The molecule has 0 saturated carbocycles. The van der Waals surface area contributed by atoms with Crippen molar-refractivity contribution >= 4 is 28.4 Å². The first-order valence-corrected chi connectivity index (χ1v) is 8.72. The van der Waals surface area contributed by atoms with E-state index >= 15 is 0 Å². The molecule has 0 unspecified atom stereocenters. The van der Waals surface area contributed by atoms with Crippen molar-refractivity contribution in [3.63, 3.8) is 0 Å². The average molecular weight is 347 g/mol. The quantitative estimate of drug-likeness (QED) is 0.520. The molecule has 1 atom stereocenters. The van der Waals surface area contributed by atoms with Crippen molar-refractivity contribution in [2.75, 3.05) is 36.8 Å². The Kier molecular flexibility index (Phi) is 4.68. The van der Waals surface area contributed by atoms with Gasteiger partial charge in [-0.25, -0.2) is 4.98 Å². The maximum absolute atomic E-state index is 11.3. The van der Waals surface area contributed by atoms with Crippen molar-refractivity contribution in [2.45, 2.75) is 19.9 Å². The van der Waals surface area contributed by atoms with Crippen LogP contribution in [0, 0.1) is 17.0 Å². The largest absolute Gasteiger partial charge is 0.399 e. The van der Waals surface area contributed by atoms with E-state index in [1.165, 1.54) is 10.9 Å². The Labute approximate surface area is 144 Å². The van der Waals surface area contributed by atoms with Gasteiger partial charge in [0, 0.05) is 49.0 Å². The van der Waals surface area contributed by atoms with Crippen molar-refractivity contribution in [3.8, 4) is 0 Å². The van der Waals surface area contributed by atoms with E-state index in [4.69, 9.17) is 5.73 Å². The molecule has 24 heavy (non-hydrogen) atoms. The Morgan fingerprint density at radius 1 is 1.33 bits per heavy atom. The normalized spacial score (nSPS) is 17.0. The molecule has 7 nitrogen and oxygen atoms in total. The molecule has 0 amide bonds. The summed E-state index contributed by atoms with van der Waals surface area (Å²) in [6, 6.07) is 5.02. The maximum atomic E-state index is 11.3. The van der Waals surface area contributed by atoms with Gasteiger partial charge in [0.2, 0.25) is 0 Å². The molecule has 2 aromatic rings. The second-order valence-corrected chi connectivity index (χ2v) is 7.28. The zero-order valence-electron chi connectivity index (χ0n) is 13.8. The summed E-state index contributed by atoms with van der Waals surface area (Å²) in [4.78, 5) is 21.0. The Morgan fingerprint density at radius 2 is 2.04 bits per heavy atom. The topological polar surface area (TPSA) is 88.5 Å². The lowest BCUT2D eigenvalue weighted by molar-refractivity contribution is -0.384. The number of aromatic nitrogens is 1. The number of benzene rings is 1. The number of hydrogen-bond donors (Lipinski definition) is 1. The minimum absolute atomic E-state index is 0.112. The molecule has 0 spiro atoms. The van der Waals surface area contributed by atoms with E-state index in [0.717, 1.165) is 31.2 Å². The Hall–Kier alpha value is -2.19. The number of nitro groups is 1. The number of anilines is 2. The smallest absolute Gasteiger partial charge is 0.292 e. The standard InChI is InChI=1S/C16H21N5O2S/c1-11-10-18-16(24-11)12(2)19-5-7-20(8-6-19)15-9-13(17)3-4-14(15)21(22)23/h3-4,9-10,12H,5-8,17H2,1-2H3/t12-/m0/s1. The maximum Gasteiger partial charge on any atom is 0.292 e. The predicted molar refractivity (Wildman–Crippen MR) is 96.6 cm³/mol. The second-order valence-electron chi connectivity index (χ2n) is 6.01. The molecule has 2 N–H and O–H groups in total. The van der Waals surface area contributed by atoms with Crippen LogP contribution in [0.1, 0.15) is 22.9 Å². The van der Waals surface area contributed by atoms with Gasteiger partial charge in [0.25, 0.3) is 5.69 Å². The molecule has 1 aliphatic rings. The molecule has 1 aromatic heterocycles. The third-order valence-corrected chi connectivity index (χ3v) is 5.48. The fourth-order valence-corrected chi connectivity index (χ4v) is 3.88. The average Bonchev–Trinajstić information content (AvgIpc) is 3.00. The van der Waals surface area contributed by atoms with Gasteiger partial charge in [-0.2, -0.15) is 0 Å². The predicted octanol–water partition coefficient (Wildman–Crippen LogP) is 2.83. The van der Waals surface area contributed by atoms with E-state index < -0.39 is 0 Å². The van der Waals surface area contributed by atoms with Crippen LogP contribution < -0.4 is 10.6 Å². The molecule has 128 valence electrons.